The Morgan fingerprint density at radius 3 is 1.50 bits per heavy atom. The van der Waals surface area contributed by atoms with Gasteiger partial charge in [0, 0.05) is 0 Å². The second-order valence-corrected chi connectivity index (χ2v) is 4.57. The van der Waals surface area contributed by atoms with Crippen LogP contribution in [0.3, 0.4) is 0 Å². The van der Waals surface area contributed by atoms with Gasteiger partial charge in [-0.1, -0.05) is 23.2 Å². The molecule has 2 N–H and O–H groups in total. The maximum Gasteiger partial charge on any atom is 0.162 e. The number of halogens is 2. The first-order valence-electron chi connectivity index (χ1n) is 5.04. The Kier molecular flexibility index (Phi) is 2.43. The topological polar surface area (TPSA) is 66.2 Å². The first-order chi connectivity index (χ1) is 8.58. The summed E-state index contributed by atoms with van der Waals surface area (Å²) >= 11 is 11.6. The molecule has 3 rings (SSSR count). The molecule has 1 aromatic heterocycles. The number of phenolic OH excluding ortho intramolecular Hbond substituents is 2. The lowest BCUT2D eigenvalue weighted by Gasteiger charge is -2.06. The van der Waals surface area contributed by atoms with Gasteiger partial charge in [0.2, 0.25) is 0 Å². The smallest absolute Gasteiger partial charge is 0.162 e. The van der Waals surface area contributed by atoms with Crippen molar-refractivity contribution >= 4 is 45.3 Å². The number of aromatic nitrogens is 2. The minimum atomic E-state index is -0.127. The van der Waals surface area contributed by atoms with E-state index in [4.69, 9.17) is 23.2 Å². The van der Waals surface area contributed by atoms with Crippen LogP contribution in [0.2, 0.25) is 10.0 Å². The van der Waals surface area contributed by atoms with Crippen LogP contribution < -0.4 is 0 Å². The Morgan fingerprint density at radius 1 is 0.722 bits per heavy atom. The van der Waals surface area contributed by atoms with Gasteiger partial charge in [0.05, 0.1) is 21.1 Å². The molecule has 0 bridgehead atoms. The molecular weight excluding hydrogens is 275 g/mol. The number of fused-ring (bicyclic) bond motifs is 2. The lowest BCUT2D eigenvalue weighted by molar-refractivity contribution is 0.478. The molecule has 0 saturated carbocycles. The van der Waals surface area contributed by atoms with Crippen LogP contribution in [0.5, 0.6) is 11.5 Å². The van der Waals surface area contributed by atoms with Crippen molar-refractivity contribution in [3.63, 3.8) is 0 Å². The molecule has 0 unspecified atom stereocenters. The summed E-state index contributed by atoms with van der Waals surface area (Å²) in [6, 6.07) is 6.26. The van der Waals surface area contributed by atoms with Crippen molar-refractivity contribution in [1.29, 1.82) is 0 Å². The molecule has 18 heavy (non-hydrogen) atoms. The molecule has 90 valence electrons. The molecule has 0 aliphatic carbocycles. The van der Waals surface area contributed by atoms with E-state index in [1.165, 1.54) is 12.1 Å². The van der Waals surface area contributed by atoms with Crippen molar-refractivity contribution in [3.8, 4) is 11.5 Å². The molecule has 0 amide bonds. The van der Waals surface area contributed by atoms with Gasteiger partial charge in [0.25, 0.3) is 0 Å². The quantitative estimate of drug-likeness (QED) is 0.619. The Hall–Kier alpha value is -1.78. The highest BCUT2D eigenvalue weighted by molar-refractivity contribution is 6.33. The molecule has 0 aliphatic rings. The lowest BCUT2D eigenvalue weighted by Crippen LogP contribution is -1.89. The molecule has 0 atom stereocenters. The zero-order chi connectivity index (χ0) is 12.9. The minimum Gasteiger partial charge on any atom is -0.504 e. The molecule has 0 fully saturated rings. The van der Waals surface area contributed by atoms with E-state index in [1.54, 1.807) is 12.1 Å². The van der Waals surface area contributed by atoms with Crippen molar-refractivity contribution in [2.75, 3.05) is 0 Å². The van der Waals surface area contributed by atoms with Crippen molar-refractivity contribution in [2.24, 2.45) is 0 Å². The summed E-state index contributed by atoms with van der Waals surface area (Å²) in [4.78, 5) is 8.45. The standard InChI is InChI=1S/C12H6Cl2N2O2/c13-5-1-3-7-9(11(5)17)16-8-4-2-6(14)12(18)10(8)15-7/h1-4,17-18H. The van der Waals surface area contributed by atoms with Gasteiger partial charge < -0.3 is 10.2 Å². The van der Waals surface area contributed by atoms with Crippen molar-refractivity contribution < 1.29 is 10.2 Å². The molecular formula is C12H6Cl2N2O2. The van der Waals surface area contributed by atoms with Crippen LogP contribution in [0.15, 0.2) is 24.3 Å². The zero-order valence-corrected chi connectivity index (χ0v) is 10.4. The summed E-state index contributed by atoms with van der Waals surface area (Å²) in [5, 5.41) is 20.0. The van der Waals surface area contributed by atoms with Gasteiger partial charge in [0.15, 0.2) is 11.5 Å². The maximum absolute atomic E-state index is 9.82. The predicted molar refractivity (Wildman–Crippen MR) is 70.4 cm³/mol. The molecule has 0 spiro atoms. The molecule has 1 heterocycles. The van der Waals surface area contributed by atoms with Gasteiger partial charge >= 0.3 is 0 Å². The van der Waals surface area contributed by atoms with Crippen LogP contribution in [0.25, 0.3) is 22.1 Å². The number of hydrogen-bond donors (Lipinski definition) is 2. The highest BCUT2D eigenvalue weighted by Gasteiger charge is 2.12. The van der Waals surface area contributed by atoms with Gasteiger partial charge in [-0.25, -0.2) is 9.97 Å². The number of benzene rings is 2. The summed E-state index contributed by atoms with van der Waals surface area (Å²) in [6.07, 6.45) is 0. The minimum absolute atomic E-state index is 0.127. The first kappa shape index (κ1) is 11.3. The van der Waals surface area contributed by atoms with Crippen molar-refractivity contribution in [3.05, 3.63) is 34.3 Å². The Morgan fingerprint density at radius 2 is 1.11 bits per heavy atom. The Labute approximate surface area is 111 Å². The van der Waals surface area contributed by atoms with Gasteiger partial charge in [-0.15, -0.1) is 0 Å². The molecule has 3 aromatic rings. The van der Waals surface area contributed by atoms with Crippen LogP contribution in [0.4, 0.5) is 0 Å². The third-order valence-electron chi connectivity index (χ3n) is 2.63. The number of aromatic hydroxyl groups is 2. The first-order valence-corrected chi connectivity index (χ1v) is 5.80. The van der Waals surface area contributed by atoms with Gasteiger partial charge in [-0.3, -0.25) is 0 Å². The molecule has 4 nitrogen and oxygen atoms in total. The largest absolute Gasteiger partial charge is 0.504 e. The normalized spacial score (nSPS) is 11.2. The van der Waals surface area contributed by atoms with Crippen LogP contribution in [-0.2, 0) is 0 Å². The summed E-state index contributed by atoms with van der Waals surface area (Å²) < 4.78 is 0. The fourth-order valence-electron chi connectivity index (χ4n) is 1.73. The lowest BCUT2D eigenvalue weighted by atomic mass is 10.2. The van der Waals surface area contributed by atoms with E-state index >= 15 is 0 Å². The van der Waals surface area contributed by atoms with Gasteiger partial charge in [0.1, 0.15) is 11.0 Å². The molecule has 0 saturated heterocycles. The van der Waals surface area contributed by atoms with Crippen LogP contribution in [0.1, 0.15) is 0 Å². The van der Waals surface area contributed by atoms with Crippen LogP contribution in [-0.4, -0.2) is 20.2 Å². The zero-order valence-electron chi connectivity index (χ0n) is 8.85. The molecule has 0 aliphatic heterocycles. The number of rotatable bonds is 0. The molecule has 2 aromatic carbocycles. The maximum atomic E-state index is 9.82. The second-order valence-electron chi connectivity index (χ2n) is 3.75. The van der Waals surface area contributed by atoms with E-state index in [0.29, 0.717) is 11.0 Å². The summed E-state index contributed by atoms with van der Waals surface area (Å²) in [5.74, 6) is -0.254. The average Bonchev–Trinajstić information content (AvgIpc) is 2.38. The summed E-state index contributed by atoms with van der Waals surface area (Å²) in [7, 11) is 0. The van der Waals surface area contributed by atoms with E-state index in [-0.39, 0.29) is 32.6 Å². The van der Waals surface area contributed by atoms with E-state index < -0.39 is 0 Å². The number of hydrogen-bond acceptors (Lipinski definition) is 4. The molecule has 6 heteroatoms. The van der Waals surface area contributed by atoms with Crippen LogP contribution in [0, 0.1) is 0 Å². The highest BCUT2D eigenvalue weighted by Crippen LogP contribution is 2.35. The van der Waals surface area contributed by atoms with E-state index in [9.17, 15) is 10.2 Å². The Bertz CT molecular complexity index is 722. The Balaban J connectivity index is 2.51. The highest BCUT2D eigenvalue weighted by atomic mass is 35.5. The van der Waals surface area contributed by atoms with E-state index in [1.807, 2.05) is 0 Å². The summed E-state index contributed by atoms with van der Waals surface area (Å²) in [5.41, 5.74) is 1.44. The van der Waals surface area contributed by atoms with Crippen molar-refractivity contribution in [1.82, 2.24) is 9.97 Å². The predicted octanol–water partition coefficient (Wildman–Crippen LogP) is 3.50. The van der Waals surface area contributed by atoms with Crippen LogP contribution >= 0.6 is 23.2 Å². The fourth-order valence-corrected chi connectivity index (χ4v) is 2.04. The van der Waals surface area contributed by atoms with Crippen molar-refractivity contribution in [2.45, 2.75) is 0 Å². The average molecular weight is 281 g/mol. The SMILES string of the molecule is Oc1c(Cl)ccc2nc3c(O)c(Cl)ccc3nc12. The van der Waals surface area contributed by atoms with Gasteiger partial charge in [-0.2, -0.15) is 0 Å². The molecule has 0 radical (unpaired) electrons. The monoisotopic (exact) mass is 280 g/mol. The third kappa shape index (κ3) is 1.54. The third-order valence-corrected chi connectivity index (χ3v) is 3.24. The fraction of sp³-hybridized carbons (Fsp3) is 0. The number of phenols is 2. The number of nitrogens with zero attached hydrogens (tertiary/aromatic N) is 2. The van der Waals surface area contributed by atoms with E-state index in [2.05, 4.69) is 9.97 Å². The van der Waals surface area contributed by atoms with E-state index in [0.717, 1.165) is 0 Å². The van der Waals surface area contributed by atoms with Gasteiger partial charge in [-0.05, 0) is 24.3 Å². The second kappa shape index (κ2) is 3.86. The summed E-state index contributed by atoms with van der Waals surface area (Å²) in [6.45, 7) is 0.